The molecule has 2 heterocycles. The van der Waals surface area contributed by atoms with Gasteiger partial charge in [0.05, 0.1) is 0 Å². The molecular formula is C16H24N4. The molecule has 0 aliphatic carbocycles. The van der Waals surface area contributed by atoms with E-state index in [0.29, 0.717) is 5.96 Å². The Balaban J connectivity index is 1.59. The first-order valence-electron chi connectivity index (χ1n) is 7.49. The van der Waals surface area contributed by atoms with Crippen LogP contribution in [0.2, 0.25) is 0 Å². The molecule has 4 heteroatoms. The minimum Gasteiger partial charge on any atom is -0.370 e. The molecule has 0 amide bonds. The molecule has 2 fully saturated rings. The number of nitrogens with two attached hydrogens (primary N) is 1. The third-order valence-corrected chi connectivity index (χ3v) is 4.69. The first-order valence-corrected chi connectivity index (χ1v) is 7.49. The summed E-state index contributed by atoms with van der Waals surface area (Å²) in [6.45, 7) is 5.62. The van der Waals surface area contributed by atoms with Crippen LogP contribution < -0.4 is 5.73 Å². The van der Waals surface area contributed by atoms with Gasteiger partial charge in [0, 0.05) is 33.2 Å². The normalized spacial score (nSPS) is 27.6. The third-order valence-electron chi connectivity index (χ3n) is 4.69. The van der Waals surface area contributed by atoms with E-state index in [1.165, 1.54) is 25.1 Å². The summed E-state index contributed by atoms with van der Waals surface area (Å²) in [5.41, 5.74) is 7.37. The summed E-state index contributed by atoms with van der Waals surface area (Å²) in [6.07, 6.45) is 1.28. The van der Waals surface area contributed by atoms with Crippen molar-refractivity contribution in [3.8, 4) is 0 Å². The highest BCUT2D eigenvalue weighted by molar-refractivity contribution is 5.78. The van der Waals surface area contributed by atoms with Crippen LogP contribution in [0.4, 0.5) is 0 Å². The van der Waals surface area contributed by atoms with E-state index in [1.54, 1.807) is 7.05 Å². The monoisotopic (exact) mass is 272 g/mol. The maximum absolute atomic E-state index is 5.95. The number of fused-ring (bicyclic) bond motifs is 1. The lowest BCUT2D eigenvalue weighted by molar-refractivity contribution is 0.142. The van der Waals surface area contributed by atoms with Gasteiger partial charge >= 0.3 is 0 Å². The Morgan fingerprint density at radius 2 is 1.95 bits per heavy atom. The van der Waals surface area contributed by atoms with Gasteiger partial charge < -0.3 is 10.6 Å². The van der Waals surface area contributed by atoms with Crippen LogP contribution in [0.15, 0.2) is 35.3 Å². The number of hydrogen-bond acceptors (Lipinski definition) is 2. The third kappa shape index (κ3) is 2.80. The summed E-state index contributed by atoms with van der Waals surface area (Å²) < 4.78 is 0. The SMILES string of the molecule is CN=C(N)N1CC2CCN(Cc3ccccc3)CC2C1. The summed E-state index contributed by atoms with van der Waals surface area (Å²) in [5, 5.41) is 0. The maximum Gasteiger partial charge on any atom is 0.190 e. The number of piperidine rings is 1. The number of likely N-dealkylation sites (tertiary alicyclic amines) is 2. The van der Waals surface area contributed by atoms with E-state index in [2.05, 4.69) is 45.1 Å². The highest BCUT2D eigenvalue weighted by Gasteiger charge is 2.37. The molecule has 1 aromatic carbocycles. The molecule has 3 rings (SSSR count). The summed E-state index contributed by atoms with van der Waals surface area (Å²) in [6, 6.07) is 10.8. The molecule has 2 N–H and O–H groups in total. The Labute approximate surface area is 121 Å². The second-order valence-corrected chi connectivity index (χ2v) is 6.02. The van der Waals surface area contributed by atoms with Gasteiger partial charge in [-0.3, -0.25) is 9.89 Å². The van der Waals surface area contributed by atoms with Gasteiger partial charge in [0.25, 0.3) is 0 Å². The molecule has 0 spiro atoms. The summed E-state index contributed by atoms with van der Waals surface area (Å²) >= 11 is 0. The van der Waals surface area contributed by atoms with Crippen molar-refractivity contribution in [1.29, 1.82) is 0 Å². The number of aliphatic imine (C=N–C) groups is 1. The van der Waals surface area contributed by atoms with E-state index < -0.39 is 0 Å². The van der Waals surface area contributed by atoms with Crippen molar-refractivity contribution in [3.05, 3.63) is 35.9 Å². The lowest BCUT2D eigenvalue weighted by atomic mass is 9.88. The lowest BCUT2D eigenvalue weighted by Gasteiger charge is -2.34. The molecule has 108 valence electrons. The van der Waals surface area contributed by atoms with Crippen LogP contribution in [0.25, 0.3) is 0 Å². The van der Waals surface area contributed by atoms with Crippen LogP contribution in [-0.2, 0) is 6.54 Å². The molecule has 2 unspecified atom stereocenters. The van der Waals surface area contributed by atoms with E-state index in [4.69, 9.17) is 5.73 Å². The van der Waals surface area contributed by atoms with Gasteiger partial charge in [0.1, 0.15) is 0 Å². The fourth-order valence-electron chi connectivity index (χ4n) is 3.56. The predicted octanol–water partition coefficient (Wildman–Crippen LogP) is 1.38. The van der Waals surface area contributed by atoms with Crippen molar-refractivity contribution in [2.75, 3.05) is 33.2 Å². The quantitative estimate of drug-likeness (QED) is 0.653. The van der Waals surface area contributed by atoms with Crippen LogP contribution >= 0.6 is 0 Å². The first-order chi connectivity index (χ1) is 9.76. The second kappa shape index (κ2) is 5.83. The summed E-state index contributed by atoms with van der Waals surface area (Å²) in [5.74, 6) is 2.24. The Morgan fingerprint density at radius 3 is 2.70 bits per heavy atom. The molecule has 4 nitrogen and oxygen atoms in total. The Kier molecular flexibility index (Phi) is 3.92. The molecule has 0 bridgehead atoms. The number of benzene rings is 1. The van der Waals surface area contributed by atoms with Gasteiger partial charge in [-0.25, -0.2) is 0 Å². The van der Waals surface area contributed by atoms with Gasteiger partial charge in [0.2, 0.25) is 0 Å². The van der Waals surface area contributed by atoms with E-state index in [9.17, 15) is 0 Å². The zero-order valence-corrected chi connectivity index (χ0v) is 12.2. The average molecular weight is 272 g/mol. The van der Waals surface area contributed by atoms with Gasteiger partial charge in [-0.1, -0.05) is 30.3 Å². The molecule has 0 saturated carbocycles. The van der Waals surface area contributed by atoms with Crippen LogP contribution in [-0.4, -0.2) is 49.0 Å². The highest BCUT2D eigenvalue weighted by Crippen LogP contribution is 2.31. The van der Waals surface area contributed by atoms with E-state index >= 15 is 0 Å². The minimum absolute atomic E-state index is 0.703. The smallest absolute Gasteiger partial charge is 0.190 e. The molecular weight excluding hydrogens is 248 g/mol. The lowest BCUT2D eigenvalue weighted by Crippen LogP contribution is -2.39. The van der Waals surface area contributed by atoms with Crippen LogP contribution in [0.1, 0.15) is 12.0 Å². The van der Waals surface area contributed by atoms with Crippen molar-refractivity contribution in [1.82, 2.24) is 9.80 Å². The maximum atomic E-state index is 5.95. The van der Waals surface area contributed by atoms with Gasteiger partial charge in [-0.15, -0.1) is 0 Å². The van der Waals surface area contributed by atoms with Crippen molar-refractivity contribution in [2.24, 2.45) is 22.6 Å². The number of guanidine groups is 1. The molecule has 2 aliphatic heterocycles. The largest absolute Gasteiger partial charge is 0.370 e. The number of nitrogens with zero attached hydrogens (tertiary/aromatic N) is 3. The van der Waals surface area contributed by atoms with Crippen molar-refractivity contribution < 1.29 is 0 Å². The zero-order valence-electron chi connectivity index (χ0n) is 12.2. The molecule has 0 aromatic heterocycles. The minimum atomic E-state index is 0.703. The predicted molar refractivity (Wildman–Crippen MR) is 82.4 cm³/mol. The standard InChI is InChI=1S/C16H24N4/c1-18-16(17)20-11-14-7-8-19(10-15(14)12-20)9-13-5-3-2-4-6-13/h2-6,14-15H,7-12H2,1H3,(H2,17,18). The van der Waals surface area contributed by atoms with Gasteiger partial charge in [-0.2, -0.15) is 0 Å². The van der Waals surface area contributed by atoms with Crippen LogP contribution in [0, 0.1) is 11.8 Å². The summed E-state index contributed by atoms with van der Waals surface area (Å²) in [7, 11) is 1.78. The second-order valence-electron chi connectivity index (χ2n) is 6.02. The van der Waals surface area contributed by atoms with E-state index in [1.807, 2.05) is 0 Å². The molecule has 2 atom stereocenters. The number of hydrogen-bond donors (Lipinski definition) is 1. The van der Waals surface area contributed by atoms with Gasteiger partial charge in [0.15, 0.2) is 5.96 Å². The molecule has 1 aromatic rings. The summed E-state index contributed by atoms with van der Waals surface area (Å²) in [4.78, 5) is 8.96. The number of rotatable bonds is 2. The molecule has 0 radical (unpaired) electrons. The molecule has 2 aliphatic rings. The first kappa shape index (κ1) is 13.4. The van der Waals surface area contributed by atoms with Crippen LogP contribution in [0.5, 0.6) is 0 Å². The Morgan fingerprint density at radius 1 is 1.20 bits per heavy atom. The molecule has 2 saturated heterocycles. The molecule has 20 heavy (non-hydrogen) atoms. The fourth-order valence-corrected chi connectivity index (χ4v) is 3.56. The average Bonchev–Trinajstić information content (AvgIpc) is 2.90. The zero-order chi connectivity index (χ0) is 13.9. The van der Waals surface area contributed by atoms with E-state index in [0.717, 1.165) is 31.5 Å². The van der Waals surface area contributed by atoms with E-state index in [-0.39, 0.29) is 0 Å². The Bertz CT molecular complexity index is 471. The Hall–Kier alpha value is -1.55. The van der Waals surface area contributed by atoms with Crippen molar-refractivity contribution in [2.45, 2.75) is 13.0 Å². The van der Waals surface area contributed by atoms with Gasteiger partial charge in [-0.05, 0) is 30.4 Å². The van der Waals surface area contributed by atoms with Crippen molar-refractivity contribution >= 4 is 5.96 Å². The highest BCUT2D eigenvalue weighted by atomic mass is 15.3. The topological polar surface area (TPSA) is 44.9 Å². The fraction of sp³-hybridized carbons (Fsp3) is 0.562. The van der Waals surface area contributed by atoms with Crippen LogP contribution in [0.3, 0.4) is 0 Å². The van der Waals surface area contributed by atoms with Crippen molar-refractivity contribution in [3.63, 3.8) is 0 Å².